The normalized spacial score (nSPS) is 14.7. The van der Waals surface area contributed by atoms with Crippen LogP contribution in [0.1, 0.15) is 73.0 Å². The summed E-state index contributed by atoms with van der Waals surface area (Å²) >= 11 is 1.56. The van der Waals surface area contributed by atoms with Gasteiger partial charge in [0.25, 0.3) is 11.8 Å². The van der Waals surface area contributed by atoms with Gasteiger partial charge in [0.1, 0.15) is 11.4 Å². The zero-order valence-corrected chi connectivity index (χ0v) is 19.6. The van der Waals surface area contributed by atoms with Crippen LogP contribution >= 0.6 is 11.3 Å². The molecular formula is C25H23N5O3S. The van der Waals surface area contributed by atoms with Crippen LogP contribution in [-0.4, -0.2) is 32.2 Å². The van der Waals surface area contributed by atoms with Crippen LogP contribution in [0.25, 0.3) is 5.65 Å². The molecule has 0 saturated carbocycles. The van der Waals surface area contributed by atoms with E-state index in [9.17, 15) is 14.4 Å². The lowest BCUT2D eigenvalue weighted by Gasteiger charge is -2.16. The Morgan fingerprint density at radius 2 is 2.03 bits per heavy atom. The maximum atomic E-state index is 13.3. The molecule has 2 amide bonds. The van der Waals surface area contributed by atoms with E-state index >= 15 is 0 Å². The Balaban J connectivity index is 1.40. The molecule has 9 heteroatoms. The highest BCUT2D eigenvalue weighted by atomic mass is 32.1. The second-order valence-electron chi connectivity index (χ2n) is 8.37. The van der Waals surface area contributed by atoms with Crippen molar-refractivity contribution in [3.05, 3.63) is 86.5 Å². The lowest BCUT2D eigenvalue weighted by molar-refractivity contribution is 0.0927. The zero-order valence-electron chi connectivity index (χ0n) is 18.8. The number of amides is 2. The molecule has 1 aromatic carbocycles. The molecule has 0 saturated heterocycles. The van der Waals surface area contributed by atoms with Crippen LogP contribution < -0.4 is 10.6 Å². The summed E-state index contributed by atoms with van der Waals surface area (Å²) in [6.07, 6.45) is 3.07. The monoisotopic (exact) mass is 473 g/mol. The van der Waals surface area contributed by atoms with E-state index < -0.39 is 0 Å². The first-order chi connectivity index (χ1) is 16.4. The highest BCUT2D eigenvalue weighted by Gasteiger charge is 2.28. The van der Waals surface area contributed by atoms with Gasteiger partial charge >= 0.3 is 0 Å². The number of benzene rings is 1. The summed E-state index contributed by atoms with van der Waals surface area (Å²) < 4.78 is 1.44. The van der Waals surface area contributed by atoms with Crippen LogP contribution in [0.15, 0.2) is 47.3 Å². The van der Waals surface area contributed by atoms with Gasteiger partial charge in [-0.1, -0.05) is 12.1 Å². The van der Waals surface area contributed by atoms with E-state index in [4.69, 9.17) is 0 Å². The third-order valence-electron chi connectivity index (χ3n) is 6.24. The minimum absolute atomic E-state index is 0.0375. The molecule has 0 unspecified atom stereocenters. The lowest BCUT2D eigenvalue weighted by atomic mass is 9.96. The van der Waals surface area contributed by atoms with Crippen LogP contribution in [0.4, 0.5) is 0 Å². The van der Waals surface area contributed by atoms with Gasteiger partial charge in [0.2, 0.25) is 0 Å². The van der Waals surface area contributed by atoms with Crippen molar-refractivity contribution in [2.24, 2.45) is 0 Å². The standard InChI is InChI=1S/C25H23N5O3S/c1-14-17(15(2)31)3-4-19-18(14)5-6-20(19)29-25(33)22-11-21(28-23-7-9-27-30(22)23)24(32)26-12-16-8-10-34-13-16/h3-4,7-11,13,20H,5-6,12H2,1-2H3,(H,26,32)(H,29,33)/t20-/m0/s1. The minimum Gasteiger partial charge on any atom is -0.347 e. The number of Topliss-reactive ketones (excluding diaryl/α,β-unsaturated/α-hetero) is 1. The molecule has 8 nitrogen and oxygen atoms in total. The van der Waals surface area contributed by atoms with Gasteiger partial charge in [-0.3, -0.25) is 14.4 Å². The van der Waals surface area contributed by atoms with Crippen LogP contribution in [0.5, 0.6) is 0 Å². The number of ketones is 1. The Morgan fingerprint density at radius 1 is 1.18 bits per heavy atom. The predicted molar refractivity (Wildman–Crippen MR) is 128 cm³/mol. The molecule has 4 aromatic rings. The highest BCUT2D eigenvalue weighted by molar-refractivity contribution is 7.07. The molecule has 3 aromatic heterocycles. The second kappa shape index (κ2) is 8.83. The maximum Gasteiger partial charge on any atom is 0.270 e. The summed E-state index contributed by atoms with van der Waals surface area (Å²) in [5, 5.41) is 14.1. The predicted octanol–water partition coefficient (Wildman–Crippen LogP) is 3.65. The van der Waals surface area contributed by atoms with Gasteiger partial charge in [0, 0.05) is 24.2 Å². The number of rotatable bonds is 6. The third kappa shape index (κ3) is 3.99. The molecule has 5 rings (SSSR count). The lowest BCUT2D eigenvalue weighted by Crippen LogP contribution is -2.30. The number of hydrogen-bond acceptors (Lipinski definition) is 6. The number of nitrogens with zero attached hydrogens (tertiary/aromatic N) is 3. The molecule has 0 aliphatic heterocycles. The molecule has 0 spiro atoms. The first-order valence-corrected chi connectivity index (χ1v) is 11.9. The van der Waals surface area contributed by atoms with Gasteiger partial charge in [0.15, 0.2) is 11.4 Å². The molecule has 3 heterocycles. The van der Waals surface area contributed by atoms with Gasteiger partial charge in [-0.05, 0) is 65.8 Å². The molecule has 2 N–H and O–H groups in total. The van der Waals surface area contributed by atoms with Crippen molar-refractivity contribution in [2.75, 3.05) is 0 Å². The van der Waals surface area contributed by atoms with Gasteiger partial charge in [-0.15, -0.1) is 0 Å². The number of carbonyl (C=O) groups excluding carboxylic acids is 3. The van der Waals surface area contributed by atoms with Crippen LogP contribution in [0.2, 0.25) is 0 Å². The first-order valence-electron chi connectivity index (χ1n) is 11.0. The SMILES string of the molecule is CC(=O)c1ccc2c(c1C)CC[C@@H]2NC(=O)c1cc(C(=O)NCc2ccsc2)nc2ccnn12. The summed E-state index contributed by atoms with van der Waals surface area (Å²) in [7, 11) is 0. The average Bonchev–Trinajstić information content (AvgIpc) is 3.58. The van der Waals surface area contributed by atoms with E-state index in [1.165, 1.54) is 10.6 Å². The third-order valence-corrected chi connectivity index (χ3v) is 6.97. The molecule has 0 fully saturated rings. The summed E-state index contributed by atoms with van der Waals surface area (Å²) in [5.74, 6) is -0.660. The summed E-state index contributed by atoms with van der Waals surface area (Å²) in [6, 6.07) is 8.64. The van der Waals surface area contributed by atoms with Gasteiger partial charge in [-0.25, -0.2) is 9.50 Å². The summed E-state index contributed by atoms with van der Waals surface area (Å²) in [6.45, 7) is 3.91. The highest BCUT2D eigenvalue weighted by Crippen LogP contribution is 2.35. The average molecular weight is 474 g/mol. The number of carbonyl (C=O) groups is 3. The van der Waals surface area contributed by atoms with Gasteiger partial charge in [-0.2, -0.15) is 16.4 Å². The van der Waals surface area contributed by atoms with E-state index in [2.05, 4.69) is 20.7 Å². The number of hydrogen-bond donors (Lipinski definition) is 2. The van der Waals surface area contributed by atoms with E-state index in [0.717, 1.165) is 40.7 Å². The molecule has 1 aliphatic carbocycles. The minimum atomic E-state index is -0.359. The molecule has 1 atom stereocenters. The van der Waals surface area contributed by atoms with Crippen molar-refractivity contribution >= 4 is 34.6 Å². The van der Waals surface area contributed by atoms with Crippen molar-refractivity contribution < 1.29 is 14.4 Å². The van der Waals surface area contributed by atoms with Crippen molar-refractivity contribution in [3.63, 3.8) is 0 Å². The fourth-order valence-electron chi connectivity index (χ4n) is 4.50. The molecule has 172 valence electrons. The van der Waals surface area contributed by atoms with Crippen LogP contribution in [0.3, 0.4) is 0 Å². The van der Waals surface area contributed by atoms with E-state index in [0.29, 0.717) is 12.2 Å². The summed E-state index contributed by atoms with van der Waals surface area (Å²) in [5.41, 5.74) is 5.65. The van der Waals surface area contributed by atoms with E-state index in [1.54, 1.807) is 30.5 Å². The zero-order chi connectivity index (χ0) is 23.8. The quantitative estimate of drug-likeness (QED) is 0.416. The molecule has 0 bridgehead atoms. The molecular weight excluding hydrogens is 450 g/mol. The number of nitrogens with one attached hydrogen (secondary N) is 2. The largest absolute Gasteiger partial charge is 0.347 e. The molecule has 0 radical (unpaired) electrons. The second-order valence-corrected chi connectivity index (χ2v) is 9.15. The van der Waals surface area contributed by atoms with Crippen molar-refractivity contribution in [1.29, 1.82) is 0 Å². The number of fused-ring (bicyclic) bond motifs is 2. The van der Waals surface area contributed by atoms with Gasteiger partial charge in [0.05, 0.1) is 12.2 Å². The van der Waals surface area contributed by atoms with Crippen LogP contribution in [0, 0.1) is 6.92 Å². The topological polar surface area (TPSA) is 105 Å². The Kier molecular flexibility index (Phi) is 5.70. The van der Waals surface area contributed by atoms with Crippen molar-refractivity contribution in [2.45, 2.75) is 39.3 Å². The fourth-order valence-corrected chi connectivity index (χ4v) is 5.17. The summed E-state index contributed by atoms with van der Waals surface area (Å²) in [4.78, 5) is 42.3. The first kappa shape index (κ1) is 22.0. The Hall–Kier alpha value is -3.85. The van der Waals surface area contributed by atoms with Crippen molar-refractivity contribution in [3.8, 4) is 0 Å². The van der Waals surface area contributed by atoms with Crippen LogP contribution in [-0.2, 0) is 13.0 Å². The maximum absolute atomic E-state index is 13.3. The van der Waals surface area contributed by atoms with Gasteiger partial charge < -0.3 is 10.6 Å². The number of aromatic nitrogens is 3. The number of thiophene rings is 1. The smallest absolute Gasteiger partial charge is 0.270 e. The fraction of sp³-hybridized carbons (Fsp3) is 0.240. The Bertz CT molecular complexity index is 1420. The van der Waals surface area contributed by atoms with E-state index in [-0.39, 0.29) is 35.0 Å². The van der Waals surface area contributed by atoms with E-state index in [1.807, 2.05) is 35.9 Å². The molecule has 1 aliphatic rings. The Labute approximate surface area is 200 Å². The van der Waals surface area contributed by atoms with Crippen molar-refractivity contribution in [1.82, 2.24) is 25.2 Å². The molecule has 34 heavy (non-hydrogen) atoms. The Morgan fingerprint density at radius 3 is 2.79 bits per heavy atom.